The average Bonchev–Trinajstić information content (AvgIpc) is 3.39. The van der Waals surface area contributed by atoms with Crippen molar-refractivity contribution in [3.63, 3.8) is 0 Å². The number of amides is 1. The number of carbonyl (C=O) groups excluding carboxylic acids is 1. The Balaban J connectivity index is 1.65. The summed E-state index contributed by atoms with van der Waals surface area (Å²) in [5.41, 5.74) is 2.13. The van der Waals surface area contributed by atoms with Crippen LogP contribution in [0.15, 0.2) is 30.7 Å². The van der Waals surface area contributed by atoms with E-state index >= 15 is 0 Å². The summed E-state index contributed by atoms with van der Waals surface area (Å²) in [5, 5.41) is 4.46. The molecule has 0 saturated carbocycles. The molecular weight excluding hydrogens is 393 g/mol. The molecule has 1 aliphatic heterocycles. The van der Waals surface area contributed by atoms with E-state index in [-0.39, 0.29) is 24.2 Å². The minimum Gasteiger partial charge on any atom is -0.371 e. The van der Waals surface area contributed by atoms with Gasteiger partial charge in [0, 0.05) is 24.1 Å². The molecule has 0 radical (unpaired) electrons. The molecule has 2 aromatic rings. The van der Waals surface area contributed by atoms with Crippen LogP contribution in [0.3, 0.4) is 0 Å². The molecule has 1 atom stereocenters. The zero-order valence-corrected chi connectivity index (χ0v) is 16.2. The Hall–Kier alpha value is -2.07. The molecular formula is C18H21F3N4O2S. The molecule has 3 rings (SSSR count). The fourth-order valence-electron chi connectivity index (χ4n) is 2.63. The van der Waals surface area contributed by atoms with Crippen molar-refractivity contribution >= 4 is 23.4 Å². The van der Waals surface area contributed by atoms with Crippen molar-refractivity contribution in [2.75, 3.05) is 29.6 Å². The minimum absolute atomic E-state index is 0.0111. The standard InChI is InChI=1S/C18H21F3N4O2S/c1-13-16(11-25(23-13)14-3-2-6-22-9-14)24(10-15-12-27-15)17(26)4-7-28-8-5-18(19,20)21/h2-3,6,9,11,15H,4-5,7-8,10,12H2,1H3. The Morgan fingerprint density at radius 1 is 1.43 bits per heavy atom. The lowest BCUT2D eigenvalue weighted by atomic mass is 10.3. The molecule has 1 unspecified atom stereocenters. The van der Waals surface area contributed by atoms with E-state index in [1.54, 1.807) is 34.2 Å². The van der Waals surface area contributed by atoms with Gasteiger partial charge in [0.25, 0.3) is 0 Å². The predicted octanol–water partition coefficient (Wildman–Crippen LogP) is 3.38. The van der Waals surface area contributed by atoms with Gasteiger partial charge in [-0.2, -0.15) is 30.0 Å². The van der Waals surface area contributed by atoms with Crippen LogP contribution in [0.5, 0.6) is 0 Å². The van der Waals surface area contributed by atoms with Crippen molar-refractivity contribution in [2.45, 2.75) is 32.0 Å². The number of nitrogens with zero attached hydrogens (tertiary/aromatic N) is 4. The van der Waals surface area contributed by atoms with Gasteiger partial charge in [-0.1, -0.05) is 0 Å². The van der Waals surface area contributed by atoms with E-state index in [1.807, 2.05) is 13.0 Å². The predicted molar refractivity (Wildman–Crippen MR) is 101 cm³/mol. The van der Waals surface area contributed by atoms with E-state index in [2.05, 4.69) is 10.1 Å². The van der Waals surface area contributed by atoms with Crippen LogP contribution in [0.4, 0.5) is 18.9 Å². The number of pyridine rings is 1. The largest absolute Gasteiger partial charge is 0.389 e. The Labute approximate surface area is 165 Å². The molecule has 10 heteroatoms. The molecule has 0 aliphatic carbocycles. The molecule has 0 bridgehead atoms. The molecule has 152 valence electrons. The first-order valence-corrected chi connectivity index (χ1v) is 10.0. The summed E-state index contributed by atoms with van der Waals surface area (Å²) < 4.78 is 43.6. The minimum atomic E-state index is -4.16. The van der Waals surface area contributed by atoms with Crippen LogP contribution < -0.4 is 4.90 Å². The third kappa shape index (κ3) is 5.96. The van der Waals surface area contributed by atoms with Crippen LogP contribution in [0.25, 0.3) is 5.69 Å². The number of aryl methyl sites for hydroxylation is 1. The number of alkyl halides is 3. The number of halogens is 3. The Morgan fingerprint density at radius 2 is 2.21 bits per heavy atom. The van der Waals surface area contributed by atoms with Crippen molar-refractivity contribution in [2.24, 2.45) is 0 Å². The van der Waals surface area contributed by atoms with Crippen LogP contribution in [0.1, 0.15) is 18.5 Å². The highest BCUT2D eigenvalue weighted by Crippen LogP contribution is 2.26. The molecule has 0 spiro atoms. The summed E-state index contributed by atoms with van der Waals surface area (Å²) in [4.78, 5) is 18.4. The summed E-state index contributed by atoms with van der Waals surface area (Å²) in [6.45, 7) is 2.82. The molecule has 0 N–H and O–H groups in total. The summed E-state index contributed by atoms with van der Waals surface area (Å²) in [5.74, 6) is 0.150. The summed E-state index contributed by atoms with van der Waals surface area (Å²) in [7, 11) is 0. The molecule has 2 aromatic heterocycles. The zero-order chi connectivity index (χ0) is 20.1. The molecule has 6 nitrogen and oxygen atoms in total. The Bertz CT molecular complexity index is 794. The molecule has 1 amide bonds. The normalized spacial score (nSPS) is 16.2. The van der Waals surface area contributed by atoms with Gasteiger partial charge in [-0.15, -0.1) is 0 Å². The van der Waals surface area contributed by atoms with Crippen LogP contribution in [-0.4, -0.2) is 57.6 Å². The smallest absolute Gasteiger partial charge is 0.371 e. The average molecular weight is 414 g/mol. The molecule has 0 aromatic carbocycles. The first-order chi connectivity index (χ1) is 13.3. The fourth-order valence-corrected chi connectivity index (χ4v) is 3.53. The second-order valence-corrected chi connectivity index (χ2v) is 7.67. The van der Waals surface area contributed by atoms with E-state index in [9.17, 15) is 18.0 Å². The summed E-state index contributed by atoms with van der Waals surface area (Å²) in [6.07, 6.45) is 0.243. The van der Waals surface area contributed by atoms with E-state index in [1.165, 1.54) is 0 Å². The highest BCUT2D eigenvalue weighted by molar-refractivity contribution is 7.99. The number of thioether (sulfide) groups is 1. The van der Waals surface area contributed by atoms with Crippen LogP contribution >= 0.6 is 11.8 Å². The molecule has 1 saturated heterocycles. The maximum Gasteiger partial charge on any atom is 0.389 e. The number of anilines is 1. The van der Waals surface area contributed by atoms with E-state index < -0.39 is 12.6 Å². The molecule has 1 aliphatic rings. The topological polar surface area (TPSA) is 63.6 Å². The van der Waals surface area contributed by atoms with Gasteiger partial charge in [-0.05, 0) is 19.1 Å². The van der Waals surface area contributed by atoms with Crippen LogP contribution in [0.2, 0.25) is 0 Å². The number of aromatic nitrogens is 3. The Morgan fingerprint density at radius 3 is 2.86 bits per heavy atom. The number of ether oxygens (including phenoxy) is 1. The SMILES string of the molecule is Cc1nn(-c2cccnc2)cc1N(CC1CO1)C(=O)CCSCCC(F)(F)F. The highest BCUT2D eigenvalue weighted by atomic mass is 32.2. The third-order valence-corrected chi connectivity index (χ3v) is 5.14. The van der Waals surface area contributed by atoms with Crippen molar-refractivity contribution < 1.29 is 22.7 Å². The highest BCUT2D eigenvalue weighted by Gasteiger charge is 2.30. The number of carbonyl (C=O) groups is 1. The first-order valence-electron chi connectivity index (χ1n) is 8.86. The van der Waals surface area contributed by atoms with Gasteiger partial charge in [0.15, 0.2) is 0 Å². The maximum absolute atomic E-state index is 12.8. The van der Waals surface area contributed by atoms with Gasteiger partial charge >= 0.3 is 6.18 Å². The third-order valence-electron chi connectivity index (χ3n) is 4.15. The molecule has 3 heterocycles. The quantitative estimate of drug-likeness (QED) is 0.465. The maximum atomic E-state index is 12.8. The molecule has 28 heavy (non-hydrogen) atoms. The van der Waals surface area contributed by atoms with E-state index in [0.29, 0.717) is 30.3 Å². The van der Waals surface area contributed by atoms with Crippen molar-refractivity contribution in [1.82, 2.24) is 14.8 Å². The number of hydrogen-bond acceptors (Lipinski definition) is 5. The van der Waals surface area contributed by atoms with Crippen molar-refractivity contribution in [3.05, 3.63) is 36.4 Å². The second-order valence-electron chi connectivity index (χ2n) is 6.44. The van der Waals surface area contributed by atoms with Crippen LogP contribution in [0, 0.1) is 6.92 Å². The lowest BCUT2D eigenvalue weighted by molar-refractivity contribution is -0.129. The fraction of sp³-hybridized carbons (Fsp3) is 0.500. The number of epoxide rings is 1. The second kappa shape index (κ2) is 8.95. The monoisotopic (exact) mass is 414 g/mol. The van der Waals surface area contributed by atoms with Gasteiger partial charge < -0.3 is 9.64 Å². The summed E-state index contributed by atoms with van der Waals surface area (Å²) in [6, 6.07) is 3.65. The lowest BCUT2D eigenvalue weighted by Gasteiger charge is -2.21. The Kier molecular flexibility index (Phi) is 6.61. The van der Waals surface area contributed by atoms with Gasteiger partial charge in [0.2, 0.25) is 5.91 Å². The van der Waals surface area contributed by atoms with E-state index in [4.69, 9.17) is 4.74 Å². The number of hydrogen-bond donors (Lipinski definition) is 0. The number of rotatable bonds is 9. The van der Waals surface area contributed by atoms with E-state index in [0.717, 1.165) is 17.4 Å². The first kappa shape index (κ1) is 20.7. The van der Waals surface area contributed by atoms with Gasteiger partial charge in [-0.3, -0.25) is 9.78 Å². The molecule has 1 fully saturated rings. The summed E-state index contributed by atoms with van der Waals surface area (Å²) >= 11 is 1.13. The van der Waals surface area contributed by atoms with Gasteiger partial charge in [0.1, 0.15) is 0 Å². The zero-order valence-electron chi connectivity index (χ0n) is 15.4. The van der Waals surface area contributed by atoms with Gasteiger partial charge in [0.05, 0.1) is 55.1 Å². The lowest BCUT2D eigenvalue weighted by Crippen LogP contribution is -2.35. The van der Waals surface area contributed by atoms with Crippen molar-refractivity contribution in [3.8, 4) is 5.69 Å². The van der Waals surface area contributed by atoms with Gasteiger partial charge in [-0.25, -0.2) is 4.68 Å². The van der Waals surface area contributed by atoms with Crippen LogP contribution in [-0.2, 0) is 9.53 Å². The van der Waals surface area contributed by atoms with Crippen molar-refractivity contribution in [1.29, 1.82) is 0 Å².